The standard InChI is InChI=1S/C9H15NO4/c1-14-6-8(11)10-3-2-7(5-10)4-9(12)13/h7H,2-6H2,1H3,(H,12,13). The predicted octanol–water partition coefficient (Wildman–Crippen LogP) is -0.0440. The van der Waals surface area contributed by atoms with Crippen molar-refractivity contribution in [2.75, 3.05) is 26.8 Å². The van der Waals surface area contributed by atoms with E-state index >= 15 is 0 Å². The molecule has 0 radical (unpaired) electrons. The molecule has 1 fully saturated rings. The van der Waals surface area contributed by atoms with Gasteiger partial charge < -0.3 is 14.7 Å². The Bertz CT molecular complexity index is 229. The number of aliphatic carboxylic acids is 1. The van der Waals surface area contributed by atoms with Gasteiger partial charge in [0.05, 0.1) is 0 Å². The van der Waals surface area contributed by atoms with E-state index in [1.165, 1.54) is 7.11 Å². The van der Waals surface area contributed by atoms with Crippen LogP contribution in [0.25, 0.3) is 0 Å². The van der Waals surface area contributed by atoms with Crippen LogP contribution in [0.1, 0.15) is 12.8 Å². The average Bonchev–Trinajstić information content (AvgIpc) is 2.52. The number of likely N-dealkylation sites (tertiary alicyclic amines) is 1. The summed E-state index contributed by atoms with van der Waals surface area (Å²) in [4.78, 5) is 23.4. The lowest BCUT2D eigenvalue weighted by Gasteiger charge is -2.15. The minimum absolute atomic E-state index is 0.0552. The first-order chi connectivity index (χ1) is 6.63. The molecule has 1 saturated heterocycles. The topological polar surface area (TPSA) is 66.8 Å². The first kappa shape index (κ1) is 11.0. The van der Waals surface area contributed by atoms with Gasteiger partial charge in [-0.3, -0.25) is 9.59 Å². The molecular formula is C9H15NO4. The van der Waals surface area contributed by atoms with Gasteiger partial charge in [0.1, 0.15) is 6.61 Å². The molecule has 1 heterocycles. The number of carbonyl (C=O) groups is 2. The van der Waals surface area contributed by atoms with Crippen molar-refractivity contribution in [3.8, 4) is 0 Å². The van der Waals surface area contributed by atoms with E-state index in [0.717, 1.165) is 6.42 Å². The van der Waals surface area contributed by atoms with Gasteiger partial charge in [0, 0.05) is 26.6 Å². The quantitative estimate of drug-likeness (QED) is 0.692. The largest absolute Gasteiger partial charge is 0.481 e. The van der Waals surface area contributed by atoms with Crippen molar-refractivity contribution in [3.63, 3.8) is 0 Å². The second-order valence-electron chi connectivity index (χ2n) is 3.53. The maximum absolute atomic E-state index is 11.3. The zero-order valence-electron chi connectivity index (χ0n) is 8.23. The van der Waals surface area contributed by atoms with Crippen LogP contribution in [-0.4, -0.2) is 48.7 Å². The zero-order chi connectivity index (χ0) is 10.6. The second-order valence-corrected chi connectivity index (χ2v) is 3.53. The molecule has 0 aliphatic carbocycles. The van der Waals surface area contributed by atoms with E-state index in [1.807, 2.05) is 0 Å². The SMILES string of the molecule is COCC(=O)N1CCC(CC(=O)O)C1. The highest BCUT2D eigenvalue weighted by atomic mass is 16.5. The van der Waals surface area contributed by atoms with Gasteiger partial charge in [-0.2, -0.15) is 0 Å². The minimum atomic E-state index is -0.795. The third-order valence-electron chi connectivity index (χ3n) is 2.37. The number of amides is 1. The number of rotatable bonds is 4. The Labute approximate surface area is 82.6 Å². The van der Waals surface area contributed by atoms with E-state index in [-0.39, 0.29) is 24.9 Å². The number of methoxy groups -OCH3 is 1. The summed E-state index contributed by atoms with van der Waals surface area (Å²) in [6.45, 7) is 1.29. The summed E-state index contributed by atoms with van der Waals surface area (Å²) in [5.41, 5.74) is 0. The zero-order valence-corrected chi connectivity index (χ0v) is 8.23. The van der Waals surface area contributed by atoms with Gasteiger partial charge in [0.2, 0.25) is 5.91 Å². The summed E-state index contributed by atoms with van der Waals surface area (Å²) in [6, 6.07) is 0. The third-order valence-corrected chi connectivity index (χ3v) is 2.37. The van der Waals surface area contributed by atoms with Crippen molar-refractivity contribution in [1.29, 1.82) is 0 Å². The fraction of sp³-hybridized carbons (Fsp3) is 0.778. The molecule has 0 aromatic heterocycles. The summed E-state index contributed by atoms with van der Waals surface area (Å²) in [5, 5.41) is 8.57. The summed E-state index contributed by atoms with van der Waals surface area (Å²) in [5.74, 6) is -0.746. The van der Waals surface area contributed by atoms with E-state index in [0.29, 0.717) is 13.1 Å². The van der Waals surface area contributed by atoms with Gasteiger partial charge in [0.25, 0.3) is 0 Å². The van der Waals surface area contributed by atoms with Crippen LogP contribution in [0.4, 0.5) is 0 Å². The Morgan fingerprint density at radius 2 is 2.29 bits per heavy atom. The predicted molar refractivity (Wildman–Crippen MR) is 48.8 cm³/mol. The molecule has 80 valence electrons. The Hall–Kier alpha value is -1.10. The highest BCUT2D eigenvalue weighted by Crippen LogP contribution is 2.19. The van der Waals surface area contributed by atoms with Crippen LogP contribution in [0.3, 0.4) is 0 Å². The normalized spacial score (nSPS) is 21.2. The van der Waals surface area contributed by atoms with Crippen molar-refractivity contribution in [1.82, 2.24) is 4.90 Å². The fourth-order valence-electron chi connectivity index (χ4n) is 1.69. The molecule has 1 unspecified atom stereocenters. The molecule has 5 nitrogen and oxygen atoms in total. The lowest BCUT2D eigenvalue weighted by molar-refractivity contribution is -0.139. The van der Waals surface area contributed by atoms with Crippen LogP contribution in [0, 0.1) is 5.92 Å². The van der Waals surface area contributed by atoms with Gasteiger partial charge in [-0.1, -0.05) is 0 Å². The lowest BCUT2D eigenvalue weighted by Crippen LogP contribution is -2.31. The van der Waals surface area contributed by atoms with Gasteiger partial charge in [-0.15, -0.1) is 0 Å². The highest BCUT2D eigenvalue weighted by molar-refractivity contribution is 5.77. The molecule has 1 aliphatic heterocycles. The summed E-state index contributed by atoms with van der Waals surface area (Å²) >= 11 is 0. The number of ether oxygens (including phenoxy) is 1. The van der Waals surface area contributed by atoms with Crippen LogP contribution in [0.2, 0.25) is 0 Å². The van der Waals surface area contributed by atoms with E-state index in [9.17, 15) is 9.59 Å². The first-order valence-corrected chi connectivity index (χ1v) is 4.62. The van der Waals surface area contributed by atoms with E-state index in [4.69, 9.17) is 9.84 Å². The van der Waals surface area contributed by atoms with Crippen molar-refractivity contribution in [3.05, 3.63) is 0 Å². The first-order valence-electron chi connectivity index (χ1n) is 4.62. The van der Waals surface area contributed by atoms with Crippen molar-refractivity contribution in [2.24, 2.45) is 5.92 Å². The Morgan fingerprint density at radius 3 is 2.86 bits per heavy atom. The number of carboxylic acids is 1. The number of carboxylic acid groups (broad SMARTS) is 1. The molecule has 0 spiro atoms. The molecule has 1 N–H and O–H groups in total. The smallest absolute Gasteiger partial charge is 0.303 e. The lowest BCUT2D eigenvalue weighted by atomic mass is 10.1. The maximum atomic E-state index is 11.3. The Morgan fingerprint density at radius 1 is 1.57 bits per heavy atom. The van der Waals surface area contributed by atoms with Crippen LogP contribution in [0.15, 0.2) is 0 Å². The molecular weight excluding hydrogens is 186 g/mol. The molecule has 1 atom stereocenters. The van der Waals surface area contributed by atoms with Crippen molar-refractivity contribution < 1.29 is 19.4 Å². The molecule has 14 heavy (non-hydrogen) atoms. The molecule has 0 saturated carbocycles. The Balaban J connectivity index is 2.33. The van der Waals surface area contributed by atoms with Gasteiger partial charge in [-0.05, 0) is 12.3 Å². The minimum Gasteiger partial charge on any atom is -0.481 e. The molecule has 1 aliphatic rings. The maximum Gasteiger partial charge on any atom is 0.303 e. The number of hydrogen-bond donors (Lipinski definition) is 1. The fourth-order valence-corrected chi connectivity index (χ4v) is 1.69. The van der Waals surface area contributed by atoms with E-state index in [1.54, 1.807) is 4.90 Å². The number of carbonyl (C=O) groups excluding carboxylic acids is 1. The van der Waals surface area contributed by atoms with Crippen LogP contribution in [-0.2, 0) is 14.3 Å². The summed E-state index contributed by atoms with van der Waals surface area (Å²) in [6.07, 6.45) is 0.929. The van der Waals surface area contributed by atoms with Crippen LogP contribution in [0.5, 0.6) is 0 Å². The van der Waals surface area contributed by atoms with E-state index < -0.39 is 5.97 Å². The summed E-state index contributed by atoms with van der Waals surface area (Å²) < 4.78 is 4.72. The molecule has 0 bridgehead atoms. The van der Waals surface area contributed by atoms with Crippen LogP contribution >= 0.6 is 0 Å². The average molecular weight is 201 g/mol. The third kappa shape index (κ3) is 2.99. The van der Waals surface area contributed by atoms with Crippen LogP contribution < -0.4 is 0 Å². The molecule has 0 aromatic rings. The monoisotopic (exact) mass is 201 g/mol. The van der Waals surface area contributed by atoms with Gasteiger partial charge >= 0.3 is 5.97 Å². The molecule has 0 aromatic carbocycles. The molecule has 1 rings (SSSR count). The second kappa shape index (κ2) is 4.95. The van der Waals surface area contributed by atoms with E-state index in [2.05, 4.69) is 0 Å². The van der Waals surface area contributed by atoms with Gasteiger partial charge in [0.15, 0.2) is 0 Å². The molecule has 1 amide bonds. The Kier molecular flexibility index (Phi) is 3.88. The highest BCUT2D eigenvalue weighted by Gasteiger charge is 2.27. The van der Waals surface area contributed by atoms with Crippen molar-refractivity contribution in [2.45, 2.75) is 12.8 Å². The van der Waals surface area contributed by atoms with Crippen molar-refractivity contribution >= 4 is 11.9 Å². The van der Waals surface area contributed by atoms with Gasteiger partial charge in [-0.25, -0.2) is 0 Å². The summed E-state index contributed by atoms with van der Waals surface area (Å²) in [7, 11) is 1.47. The number of hydrogen-bond acceptors (Lipinski definition) is 3. The number of nitrogens with zero attached hydrogens (tertiary/aromatic N) is 1. The molecule has 5 heteroatoms.